The molecule has 156 valence electrons. The Labute approximate surface area is 175 Å². The van der Waals surface area contributed by atoms with Gasteiger partial charge in [-0.05, 0) is 37.6 Å². The summed E-state index contributed by atoms with van der Waals surface area (Å²) in [5.41, 5.74) is 4.07. The van der Waals surface area contributed by atoms with Crippen LogP contribution in [0, 0.1) is 19.7 Å². The molecule has 0 bridgehead atoms. The zero-order chi connectivity index (χ0) is 21.3. The fraction of sp³-hybridized carbons (Fsp3) is 0.364. The van der Waals surface area contributed by atoms with Crippen LogP contribution in [-0.2, 0) is 4.74 Å². The molecule has 1 atom stereocenters. The molecule has 1 aliphatic rings. The van der Waals surface area contributed by atoms with Crippen molar-refractivity contribution in [3.63, 3.8) is 0 Å². The van der Waals surface area contributed by atoms with Gasteiger partial charge < -0.3 is 14.5 Å². The summed E-state index contributed by atoms with van der Waals surface area (Å²) >= 11 is 0. The third-order valence-corrected chi connectivity index (χ3v) is 4.97. The summed E-state index contributed by atoms with van der Waals surface area (Å²) in [5.74, 6) is 0.966. The molecular weight excluding hydrogens is 383 g/mol. The van der Waals surface area contributed by atoms with Gasteiger partial charge in [-0.25, -0.2) is 24.3 Å². The molecule has 1 saturated heterocycles. The first-order chi connectivity index (χ1) is 14.4. The summed E-state index contributed by atoms with van der Waals surface area (Å²) in [6.45, 7) is 5.69. The summed E-state index contributed by atoms with van der Waals surface area (Å²) in [6.07, 6.45) is 1.42. The Bertz CT molecular complexity index is 1040. The molecule has 7 nitrogen and oxygen atoms in total. The maximum absolute atomic E-state index is 13.9. The fourth-order valence-electron chi connectivity index (χ4n) is 3.57. The second-order valence-electron chi connectivity index (χ2n) is 7.63. The van der Waals surface area contributed by atoms with Crippen LogP contribution in [0.1, 0.15) is 23.2 Å². The van der Waals surface area contributed by atoms with Crippen LogP contribution in [0.25, 0.3) is 11.1 Å². The lowest BCUT2D eigenvalue weighted by Crippen LogP contribution is -2.40. The molecule has 0 spiro atoms. The Morgan fingerprint density at radius 1 is 1.10 bits per heavy atom. The molecule has 30 heavy (non-hydrogen) atoms. The number of anilines is 2. The van der Waals surface area contributed by atoms with Gasteiger partial charge in [0.15, 0.2) is 0 Å². The predicted octanol–water partition coefficient (Wildman–Crippen LogP) is 3.33. The number of rotatable bonds is 4. The first-order valence-electron chi connectivity index (χ1n) is 9.90. The molecule has 1 aromatic carbocycles. The minimum absolute atomic E-state index is 0.301. The second kappa shape index (κ2) is 8.31. The van der Waals surface area contributed by atoms with Gasteiger partial charge in [0.25, 0.3) is 0 Å². The summed E-state index contributed by atoms with van der Waals surface area (Å²) in [6, 6.07) is 8.41. The SMILES string of the molecule is Cc1cc(C)nc(N2CCO[C@@H](c3nc(N(C)C)ncc3-c3cccc(F)c3)C2)n1. The molecule has 2 aromatic heterocycles. The van der Waals surface area contributed by atoms with Gasteiger partial charge in [0.2, 0.25) is 11.9 Å². The van der Waals surface area contributed by atoms with Crippen LogP contribution in [0.5, 0.6) is 0 Å². The minimum Gasteiger partial charge on any atom is -0.368 e. The standard InChI is InChI=1S/C22H25FN6O/c1-14-10-15(2)26-22(25-14)29-8-9-30-19(13-29)20-18(12-24-21(27-20)28(3)4)16-6-5-7-17(23)11-16/h5-7,10-12,19H,8-9,13H2,1-4H3/t19-/m1/s1. The number of morpholine rings is 1. The normalized spacial score (nSPS) is 16.6. The molecular formula is C22H25FN6O. The molecule has 3 heterocycles. The molecule has 4 rings (SSSR count). The smallest absolute Gasteiger partial charge is 0.225 e. The van der Waals surface area contributed by atoms with E-state index in [9.17, 15) is 4.39 Å². The Morgan fingerprint density at radius 2 is 1.87 bits per heavy atom. The average molecular weight is 408 g/mol. The molecule has 0 radical (unpaired) electrons. The van der Waals surface area contributed by atoms with E-state index in [-0.39, 0.29) is 11.9 Å². The highest BCUT2D eigenvalue weighted by Crippen LogP contribution is 2.32. The Hall–Kier alpha value is -3.13. The topological polar surface area (TPSA) is 67.3 Å². The fourth-order valence-corrected chi connectivity index (χ4v) is 3.57. The van der Waals surface area contributed by atoms with Crippen molar-refractivity contribution in [3.05, 3.63) is 59.4 Å². The summed E-state index contributed by atoms with van der Waals surface area (Å²) in [5, 5.41) is 0. The lowest BCUT2D eigenvalue weighted by Gasteiger charge is -2.33. The molecule has 1 fully saturated rings. The highest BCUT2D eigenvalue weighted by molar-refractivity contribution is 5.66. The number of halogens is 1. The Morgan fingerprint density at radius 3 is 2.57 bits per heavy atom. The maximum atomic E-state index is 13.9. The second-order valence-corrected chi connectivity index (χ2v) is 7.63. The molecule has 0 amide bonds. The number of aryl methyl sites for hydroxylation is 2. The highest BCUT2D eigenvalue weighted by atomic mass is 19.1. The van der Waals surface area contributed by atoms with Gasteiger partial charge in [0, 0.05) is 43.8 Å². The van der Waals surface area contributed by atoms with Crippen molar-refractivity contribution < 1.29 is 9.13 Å². The summed E-state index contributed by atoms with van der Waals surface area (Å²) in [7, 11) is 3.77. The van der Waals surface area contributed by atoms with Crippen molar-refractivity contribution in [2.45, 2.75) is 20.0 Å². The number of benzene rings is 1. The number of hydrogen-bond acceptors (Lipinski definition) is 7. The van der Waals surface area contributed by atoms with Gasteiger partial charge in [-0.2, -0.15) is 0 Å². The van der Waals surface area contributed by atoms with Crippen LogP contribution < -0.4 is 9.80 Å². The van der Waals surface area contributed by atoms with Crippen LogP contribution in [0.3, 0.4) is 0 Å². The van der Waals surface area contributed by atoms with E-state index < -0.39 is 0 Å². The Balaban J connectivity index is 1.73. The molecule has 0 unspecified atom stereocenters. The monoisotopic (exact) mass is 408 g/mol. The van der Waals surface area contributed by atoms with Crippen molar-refractivity contribution >= 4 is 11.9 Å². The van der Waals surface area contributed by atoms with E-state index in [1.165, 1.54) is 12.1 Å². The third-order valence-electron chi connectivity index (χ3n) is 4.97. The minimum atomic E-state index is -0.317. The van der Waals surface area contributed by atoms with Crippen molar-refractivity contribution in [3.8, 4) is 11.1 Å². The quantitative estimate of drug-likeness (QED) is 0.656. The van der Waals surface area contributed by atoms with E-state index >= 15 is 0 Å². The van der Waals surface area contributed by atoms with E-state index in [4.69, 9.17) is 9.72 Å². The number of aromatic nitrogens is 4. The van der Waals surface area contributed by atoms with Crippen LogP contribution in [-0.4, -0.2) is 53.7 Å². The molecule has 0 saturated carbocycles. The number of hydrogen-bond donors (Lipinski definition) is 0. The highest BCUT2D eigenvalue weighted by Gasteiger charge is 2.28. The number of nitrogens with zero attached hydrogens (tertiary/aromatic N) is 6. The van der Waals surface area contributed by atoms with Gasteiger partial charge >= 0.3 is 0 Å². The lowest BCUT2D eigenvalue weighted by atomic mass is 10.0. The third kappa shape index (κ3) is 4.23. The largest absolute Gasteiger partial charge is 0.368 e. The van der Waals surface area contributed by atoms with E-state index in [0.29, 0.717) is 31.6 Å². The van der Waals surface area contributed by atoms with E-state index in [2.05, 4.69) is 19.9 Å². The van der Waals surface area contributed by atoms with Crippen molar-refractivity contribution in [2.75, 3.05) is 43.6 Å². The zero-order valence-electron chi connectivity index (χ0n) is 17.6. The average Bonchev–Trinajstić information content (AvgIpc) is 2.72. The van der Waals surface area contributed by atoms with E-state index in [1.54, 1.807) is 12.3 Å². The van der Waals surface area contributed by atoms with Crippen molar-refractivity contribution in [1.29, 1.82) is 0 Å². The molecule has 3 aromatic rings. The van der Waals surface area contributed by atoms with Crippen LogP contribution in [0.2, 0.25) is 0 Å². The summed E-state index contributed by atoms with van der Waals surface area (Å²) < 4.78 is 20.0. The zero-order valence-corrected chi connectivity index (χ0v) is 17.6. The molecule has 1 aliphatic heterocycles. The lowest BCUT2D eigenvalue weighted by molar-refractivity contribution is 0.0368. The van der Waals surface area contributed by atoms with Crippen molar-refractivity contribution in [2.24, 2.45) is 0 Å². The van der Waals surface area contributed by atoms with Crippen LogP contribution in [0.4, 0.5) is 16.3 Å². The molecule has 8 heteroatoms. The maximum Gasteiger partial charge on any atom is 0.225 e. The first-order valence-corrected chi connectivity index (χ1v) is 9.90. The van der Waals surface area contributed by atoms with Gasteiger partial charge in [0.05, 0.1) is 18.8 Å². The Kier molecular flexibility index (Phi) is 5.59. The van der Waals surface area contributed by atoms with Gasteiger partial charge in [-0.15, -0.1) is 0 Å². The summed E-state index contributed by atoms with van der Waals surface area (Å²) in [4.78, 5) is 22.3. The van der Waals surface area contributed by atoms with Gasteiger partial charge in [0.1, 0.15) is 11.9 Å². The molecule has 0 N–H and O–H groups in total. The van der Waals surface area contributed by atoms with Crippen molar-refractivity contribution in [1.82, 2.24) is 19.9 Å². The number of ether oxygens (including phenoxy) is 1. The van der Waals surface area contributed by atoms with Gasteiger partial charge in [-0.3, -0.25) is 0 Å². The predicted molar refractivity (Wildman–Crippen MR) is 114 cm³/mol. The van der Waals surface area contributed by atoms with Crippen LogP contribution >= 0.6 is 0 Å². The molecule has 0 aliphatic carbocycles. The van der Waals surface area contributed by atoms with Crippen LogP contribution in [0.15, 0.2) is 36.5 Å². The van der Waals surface area contributed by atoms with E-state index in [0.717, 1.165) is 28.2 Å². The van der Waals surface area contributed by atoms with Gasteiger partial charge in [-0.1, -0.05) is 12.1 Å². The first kappa shape index (κ1) is 20.2. The van der Waals surface area contributed by atoms with E-state index in [1.807, 2.05) is 45.0 Å².